The molecular formula is C17H14N4O3S. The maximum Gasteiger partial charge on any atom is 0.270 e. The van der Waals surface area contributed by atoms with Gasteiger partial charge in [-0.05, 0) is 13.0 Å². The van der Waals surface area contributed by atoms with Gasteiger partial charge in [0.05, 0.1) is 10.7 Å². The molecule has 0 saturated carbocycles. The Kier molecular flexibility index (Phi) is 4.90. The van der Waals surface area contributed by atoms with Gasteiger partial charge in [0.2, 0.25) is 5.16 Å². The summed E-state index contributed by atoms with van der Waals surface area (Å²) in [6.07, 6.45) is 0. The number of non-ortho nitro benzene ring substituents is 1. The SMILES string of the molecule is Cc1cccc(-c2nc(SCC(=O)c3cccc([N+](=O)[O-])c3)n[nH]2)c1. The highest BCUT2D eigenvalue weighted by Gasteiger charge is 2.13. The lowest BCUT2D eigenvalue weighted by atomic mass is 10.1. The van der Waals surface area contributed by atoms with Gasteiger partial charge in [-0.3, -0.25) is 20.0 Å². The number of rotatable bonds is 6. The van der Waals surface area contributed by atoms with Crippen molar-refractivity contribution in [3.05, 3.63) is 69.8 Å². The number of aromatic amines is 1. The molecule has 3 rings (SSSR count). The summed E-state index contributed by atoms with van der Waals surface area (Å²) in [5.74, 6) is 0.524. The van der Waals surface area contributed by atoms with E-state index in [1.165, 1.54) is 30.0 Å². The Morgan fingerprint density at radius 3 is 2.80 bits per heavy atom. The molecule has 0 atom stereocenters. The largest absolute Gasteiger partial charge is 0.293 e. The number of aryl methyl sites for hydroxylation is 1. The molecule has 7 nitrogen and oxygen atoms in total. The maximum atomic E-state index is 12.2. The van der Waals surface area contributed by atoms with Crippen LogP contribution in [0.1, 0.15) is 15.9 Å². The Bertz CT molecular complexity index is 939. The second-order valence-electron chi connectivity index (χ2n) is 5.36. The number of hydrogen-bond acceptors (Lipinski definition) is 6. The van der Waals surface area contributed by atoms with E-state index in [0.717, 1.165) is 11.1 Å². The van der Waals surface area contributed by atoms with Gasteiger partial charge < -0.3 is 0 Å². The summed E-state index contributed by atoms with van der Waals surface area (Å²) in [6.45, 7) is 1.99. The normalized spacial score (nSPS) is 10.6. The molecule has 0 amide bonds. The Balaban J connectivity index is 1.67. The minimum absolute atomic E-state index is 0.101. The van der Waals surface area contributed by atoms with Crippen LogP contribution >= 0.6 is 11.8 Å². The smallest absolute Gasteiger partial charge is 0.270 e. The summed E-state index contributed by atoms with van der Waals surface area (Å²) in [7, 11) is 0. The average molecular weight is 354 g/mol. The fourth-order valence-electron chi connectivity index (χ4n) is 2.24. The number of nitro benzene ring substituents is 1. The monoisotopic (exact) mass is 354 g/mol. The lowest BCUT2D eigenvalue weighted by Crippen LogP contribution is -2.03. The highest BCUT2D eigenvalue weighted by molar-refractivity contribution is 7.99. The summed E-state index contributed by atoms with van der Waals surface area (Å²) in [5.41, 5.74) is 2.24. The van der Waals surface area contributed by atoms with Crippen molar-refractivity contribution in [1.29, 1.82) is 0 Å². The third-order valence-corrected chi connectivity index (χ3v) is 4.32. The molecule has 0 unspecified atom stereocenters. The van der Waals surface area contributed by atoms with Gasteiger partial charge in [-0.1, -0.05) is 47.7 Å². The average Bonchev–Trinajstić information content (AvgIpc) is 3.09. The summed E-state index contributed by atoms with van der Waals surface area (Å²) >= 11 is 1.18. The molecule has 0 spiro atoms. The van der Waals surface area contributed by atoms with Crippen LogP contribution < -0.4 is 0 Å². The lowest BCUT2D eigenvalue weighted by Gasteiger charge is -1.99. The van der Waals surface area contributed by atoms with Crippen LogP contribution in [0, 0.1) is 17.0 Å². The zero-order chi connectivity index (χ0) is 17.8. The van der Waals surface area contributed by atoms with Crippen LogP contribution in [0.3, 0.4) is 0 Å². The van der Waals surface area contributed by atoms with Crippen molar-refractivity contribution in [2.75, 3.05) is 5.75 Å². The molecule has 126 valence electrons. The standard InChI is InChI=1S/C17H14N4O3S/c1-11-4-2-6-13(8-11)16-18-17(20-19-16)25-10-15(22)12-5-3-7-14(9-12)21(23)24/h2-9H,10H2,1H3,(H,18,19,20). The third-order valence-electron chi connectivity index (χ3n) is 3.47. The molecule has 25 heavy (non-hydrogen) atoms. The lowest BCUT2D eigenvalue weighted by molar-refractivity contribution is -0.384. The van der Waals surface area contributed by atoms with E-state index in [4.69, 9.17) is 0 Å². The van der Waals surface area contributed by atoms with E-state index in [1.807, 2.05) is 31.2 Å². The van der Waals surface area contributed by atoms with Crippen molar-refractivity contribution in [3.8, 4) is 11.4 Å². The Morgan fingerprint density at radius 1 is 1.24 bits per heavy atom. The number of aromatic nitrogens is 3. The summed E-state index contributed by atoms with van der Waals surface area (Å²) in [4.78, 5) is 26.8. The van der Waals surface area contributed by atoms with E-state index in [1.54, 1.807) is 6.07 Å². The van der Waals surface area contributed by atoms with Crippen molar-refractivity contribution in [2.45, 2.75) is 12.1 Å². The molecule has 0 aliphatic heterocycles. The van der Waals surface area contributed by atoms with Crippen LogP contribution in [0.25, 0.3) is 11.4 Å². The minimum Gasteiger partial charge on any atom is -0.293 e. The number of nitrogens with zero attached hydrogens (tertiary/aromatic N) is 3. The molecule has 1 aromatic heterocycles. The Hall–Kier alpha value is -3.00. The first-order valence-electron chi connectivity index (χ1n) is 7.43. The molecule has 0 saturated heterocycles. The number of hydrogen-bond donors (Lipinski definition) is 1. The molecular weight excluding hydrogens is 340 g/mol. The van der Waals surface area contributed by atoms with E-state index in [9.17, 15) is 14.9 Å². The van der Waals surface area contributed by atoms with E-state index >= 15 is 0 Å². The van der Waals surface area contributed by atoms with Crippen LogP contribution in [0.2, 0.25) is 0 Å². The number of benzene rings is 2. The van der Waals surface area contributed by atoms with Crippen molar-refractivity contribution < 1.29 is 9.72 Å². The van der Waals surface area contributed by atoms with E-state index in [2.05, 4.69) is 15.2 Å². The molecule has 0 fully saturated rings. The number of nitro groups is 1. The predicted octanol–water partition coefficient (Wildman–Crippen LogP) is 3.66. The van der Waals surface area contributed by atoms with E-state index in [0.29, 0.717) is 16.5 Å². The summed E-state index contributed by atoms with van der Waals surface area (Å²) in [6, 6.07) is 13.5. The third kappa shape index (κ3) is 4.10. The summed E-state index contributed by atoms with van der Waals surface area (Å²) in [5, 5.41) is 18.2. The number of nitrogens with one attached hydrogen (secondary N) is 1. The topological polar surface area (TPSA) is 102 Å². The fraction of sp³-hybridized carbons (Fsp3) is 0.118. The Labute approximate surface area is 147 Å². The van der Waals surface area contributed by atoms with E-state index in [-0.39, 0.29) is 17.2 Å². The minimum atomic E-state index is -0.521. The van der Waals surface area contributed by atoms with Gasteiger partial charge in [-0.15, -0.1) is 5.10 Å². The van der Waals surface area contributed by atoms with Gasteiger partial charge in [0.25, 0.3) is 5.69 Å². The van der Waals surface area contributed by atoms with Crippen LogP contribution in [0.5, 0.6) is 0 Å². The quantitative estimate of drug-likeness (QED) is 0.314. The zero-order valence-electron chi connectivity index (χ0n) is 13.3. The molecule has 0 radical (unpaired) electrons. The van der Waals surface area contributed by atoms with Gasteiger partial charge in [0.15, 0.2) is 11.6 Å². The van der Waals surface area contributed by atoms with Crippen molar-refractivity contribution in [2.24, 2.45) is 0 Å². The molecule has 1 heterocycles. The molecule has 8 heteroatoms. The van der Waals surface area contributed by atoms with Crippen molar-refractivity contribution in [1.82, 2.24) is 15.2 Å². The van der Waals surface area contributed by atoms with E-state index < -0.39 is 4.92 Å². The van der Waals surface area contributed by atoms with Crippen LogP contribution in [0.15, 0.2) is 53.7 Å². The molecule has 2 aromatic carbocycles. The molecule has 1 N–H and O–H groups in total. The predicted molar refractivity (Wildman–Crippen MR) is 94.7 cm³/mol. The van der Waals surface area contributed by atoms with Gasteiger partial charge in [-0.2, -0.15) is 0 Å². The summed E-state index contributed by atoms with van der Waals surface area (Å²) < 4.78 is 0. The molecule has 3 aromatic rings. The first-order chi connectivity index (χ1) is 12.0. The fourth-order valence-corrected chi connectivity index (χ4v) is 2.93. The number of Topliss-reactive ketones (excluding diaryl/α,β-unsaturated/α-hetero) is 1. The first-order valence-corrected chi connectivity index (χ1v) is 8.41. The van der Waals surface area contributed by atoms with Crippen molar-refractivity contribution >= 4 is 23.2 Å². The van der Waals surface area contributed by atoms with Crippen molar-refractivity contribution in [3.63, 3.8) is 0 Å². The van der Waals surface area contributed by atoms with Gasteiger partial charge in [0, 0.05) is 23.3 Å². The van der Waals surface area contributed by atoms with Gasteiger partial charge in [0.1, 0.15) is 0 Å². The second kappa shape index (κ2) is 7.27. The Morgan fingerprint density at radius 2 is 2.04 bits per heavy atom. The highest BCUT2D eigenvalue weighted by atomic mass is 32.2. The van der Waals surface area contributed by atoms with Crippen LogP contribution in [0.4, 0.5) is 5.69 Å². The second-order valence-corrected chi connectivity index (χ2v) is 6.30. The number of carbonyl (C=O) groups excluding carboxylic acids is 1. The van der Waals surface area contributed by atoms with Crippen LogP contribution in [-0.2, 0) is 0 Å². The highest BCUT2D eigenvalue weighted by Crippen LogP contribution is 2.21. The van der Waals surface area contributed by atoms with Gasteiger partial charge >= 0.3 is 0 Å². The maximum absolute atomic E-state index is 12.2. The molecule has 0 bridgehead atoms. The number of carbonyl (C=O) groups is 1. The van der Waals surface area contributed by atoms with Crippen LogP contribution in [-0.4, -0.2) is 31.6 Å². The number of H-pyrrole nitrogens is 1. The first kappa shape index (κ1) is 16.8. The number of thioether (sulfide) groups is 1. The van der Waals surface area contributed by atoms with Gasteiger partial charge in [-0.25, -0.2) is 4.98 Å². The zero-order valence-corrected chi connectivity index (χ0v) is 14.1. The number of ketones is 1. The molecule has 0 aliphatic carbocycles. The molecule has 0 aliphatic rings.